The Bertz CT molecular complexity index is 542. The van der Waals surface area contributed by atoms with Gasteiger partial charge in [0.05, 0.1) is 12.3 Å². The summed E-state index contributed by atoms with van der Waals surface area (Å²) in [5.41, 5.74) is 1.29. The number of aliphatic hydroxyl groups is 1. The molecule has 4 nitrogen and oxygen atoms in total. The van der Waals surface area contributed by atoms with Crippen LogP contribution in [0.25, 0.3) is 0 Å². The van der Waals surface area contributed by atoms with Gasteiger partial charge in [-0.15, -0.1) is 0 Å². The van der Waals surface area contributed by atoms with Crippen molar-refractivity contribution >= 4 is 0 Å². The van der Waals surface area contributed by atoms with E-state index >= 15 is 0 Å². The van der Waals surface area contributed by atoms with Crippen LogP contribution in [0.5, 0.6) is 0 Å². The van der Waals surface area contributed by atoms with E-state index in [0.29, 0.717) is 18.0 Å². The van der Waals surface area contributed by atoms with Gasteiger partial charge >= 0.3 is 0 Å². The second kappa shape index (κ2) is 5.01. The van der Waals surface area contributed by atoms with Gasteiger partial charge in [-0.05, 0) is 17.9 Å². The van der Waals surface area contributed by atoms with Crippen LogP contribution < -0.4 is 0 Å². The van der Waals surface area contributed by atoms with Crippen molar-refractivity contribution in [2.45, 2.75) is 40.0 Å². The molecular formula is C19H29N3O. The number of piperidine rings is 2. The van der Waals surface area contributed by atoms with E-state index in [-0.39, 0.29) is 16.9 Å². The van der Waals surface area contributed by atoms with Gasteiger partial charge in [0.25, 0.3) is 0 Å². The van der Waals surface area contributed by atoms with Crippen LogP contribution >= 0.6 is 0 Å². The van der Waals surface area contributed by atoms with Gasteiger partial charge in [0.15, 0.2) is 0 Å². The molecule has 23 heavy (non-hydrogen) atoms. The third-order valence-electron chi connectivity index (χ3n) is 7.05. The maximum Gasteiger partial charge on any atom is 0.0902 e. The summed E-state index contributed by atoms with van der Waals surface area (Å²) in [6.07, 6.45) is 3.99. The van der Waals surface area contributed by atoms with Gasteiger partial charge in [-0.2, -0.15) is 0 Å². The molecule has 0 aromatic carbocycles. The molecule has 1 N–H and O–H groups in total. The number of hydrogen-bond acceptors (Lipinski definition) is 4. The van der Waals surface area contributed by atoms with Crippen molar-refractivity contribution in [2.24, 2.45) is 22.7 Å². The molecule has 0 radical (unpaired) electrons. The van der Waals surface area contributed by atoms with Crippen LogP contribution in [0, 0.1) is 22.7 Å². The summed E-state index contributed by atoms with van der Waals surface area (Å²) in [7, 11) is 0. The van der Waals surface area contributed by atoms with Crippen molar-refractivity contribution in [1.29, 1.82) is 0 Å². The van der Waals surface area contributed by atoms with Gasteiger partial charge in [0, 0.05) is 55.0 Å². The van der Waals surface area contributed by atoms with Crippen molar-refractivity contribution in [1.82, 2.24) is 14.8 Å². The Labute approximate surface area is 139 Å². The first-order chi connectivity index (χ1) is 10.9. The molecule has 0 saturated carbocycles. The zero-order chi connectivity index (χ0) is 16.4. The third kappa shape index (κ3) is 1.92. The maximum absolute atomic E-state index is 11.4. The van der Waals surface area contributed by atoms with Crippen LogP contribution in [-0.2, 0) is 0 Å². The quantitative estimate of drug-likeness (QED) is 0.929. The second-order valence-corrected chi connectivity index (χ2v) is 8.65. The molecule has 1 aromatic rings. The van der Waals surface area contributed by atoms with Gasteiger partial charge in [-0.3, -0.25) is 14.8 Å². The normalized spacial score (nSPS) is 45.2. The summed E-state index contributed by atoms with van der Waals surface area (Å²) < 4.78 is 0. The fourth-order valence-corrected chi connectivity index (χ4v) is 5.53. The summed E-state index contributed by atoms with van der Waals surface area (Å²) in [6, 6.07) is 4.23. The van der Waals surface area contributed by atoms with E-state index in [9.17, 15) is 5.11 Å². The van der Waals surface area contributed by atoms with Crippen molar-refractivity contribution in [3.63, 3.8) is 0 Å². The molecule has 4 saturated heterocycles. The lowest BCUT2D eigenvalue weighted by Crippen LogP contribution is -2.80. The zero-order valence-electron chi connectivity index (χ0n) is 14.7. The van der Waals surface area contributed by atoms with Crippen LogP contribution in [0.3, 0.4) is 0 Å². The largest absolute Gasteiger partial charge is 0.392 e. The standard InChI is InChI=1S/C19H29N3O/c1-13(2)18-9-21-11-19(14(3)4,17(18)23)12-22(10-18)16(21)15-6-5-7-20-8-15/h5-8,13-14,16-17,23H,9-12H2,1-4H3. The van der Waals surface area contributed by atoms with Crippen molar-refractivity contribution < 1.29 is 5.11 Å². The van der Waals surface area contributed by atoms with Crippen LogP contribution in [0.15, 0.2) is 24.5 Å². The molecule has 5 rings (SSSR count). The average molecular weight is 315 g/mol. The number of rotatable bonds is 3. The van der Waals surface area contributed by atoms with Gasteiger partial charge in [0.2, 0.25) is 0 Å². The Morgan fingerprint density at radius 2 is 1.57 bits per heavy atom. The van der Waals surface area contributed by atoms with E-state index in [1.807, 2.05) is 18.5 Å². The Hall–Kier alpha value is -0.970. The molecule has 4 bridgehead atoms. The van der Waals surface area contributed by atoms with Crippen molar-refractivity contribution in [3.8, 4) is 0 Å². The highest BCUT2D eigenvalue weighted by Gasteiger charge is 2.66. The van der Waals surface area contributed by atoms with E-state index < -0.39 is 0 Å². The smallest absolute Gasteiger partial charge is 0.0902 e. The Balaban J connectivity index is 1.78. The van der Waals surface area contributed by atoms with Gasteiger partial charge in [-0.25, -0.2) is 0 Å². The molecule has 0 amide bonds. The molecule has 126 valence electrons. The van der Waals surface area contributed by atoms with Crippen LogP contribution in [0.4, 0.5) is 0 Å². The predicted octanol–water partition coefficient (Wildman–Crippen LogP) is 2.37. The van der Waals surface area contributed by atoms with E-state index in [0.717, 1.165) is 26.2 Å². The van der Waals surface area contributed by atoms with Crippen molar-refractivity contribution in [2.75, 3.05) is 26.2 Å². The predicted molar refractivity (Wildman–Crippen MR) is 90.7 cm³/mol. The fourth-order valence-electron chi connectivity index (χ4n) is 5.53. The van der Waals surface area contributed by atoms with Crippen molar-refractivity contribution in [3.05, 3.63) is 30.1 Å². The van der Waals surface area contributed by atoms with Crippen LogP contribution in [-0.4, -0.2) is 52.2 Å². The Morgan fingerprint density at radius 1 is 1.04 bits per heavy atom. The molecule has 0 aliphatic carbocycles. The summed E-state index contributed by atoms with van der Waals surface area (Å²) in [5.74, 6) is 0.965. The molecule has 5 heterocycles. The summed E-state index contributed by atoms with van der Waals surface area (Å²) in [6.45, 7) is 13.1. The molecule has 0 atom stereocenters. The lowest BCUT2D eigenvalue weighted by Gasteiger charge is -2.71. The average Bonchev–Trinajstić information content (AvgIpc) is 2.51. The summed E-state index contributed by atoms with van der Waals surface area (Å²) in [5, 5.41) is 11.4. The molecule has 4 heteroatoms. The minimum absolute atomic E-state index is 0.000517. The Morgan fingerprint density at radius 3 is 1.96 bits per heavy atom. The van der Waals surface area contributed by atoms with E-state index in [1.54, 1.807) is 0 Å². The number of aromatic nitrogens is 1. The van der Waals surface area contributed by atoms with E-state index in [4.69, 9.17) is 0 Å². The highest BCUT2D eigenvalue weighted by molar-refractivity contribution is 5.23. The molecule has 4 aliphatic rings. The zero-order valence-corrected chi connectivity index (χ0v) is 14.7. The molecule has 4 fully saturated rings. The number of nitrogens with zero attached hydrogens (tertiary/aromatic N) is 3. The van der Waals surface area contributed by atoms with Gasteiger partial charge in [0.1, 0.15) is 0 Å². The van der Waals surface area contributed by atoms with Gasteiger partial charge < -0.3 is 5.11 Å². The first-order valence-corrected chi connectivity index (χ1v) is 8.97. The van der Waals surface area contributed by atoms with Crippen LogP contribution in [0.1, 0.15) is 39.4 Å². The molecule has 0 unspecified atom stereocenters. The summed E-state index contributed by atoms with van der Waals surface area (Å²) >= 11 is 0. The fraction of sp³-hybridized carbons (Fsp3) is 0.737. The SMILES string of the molecule is CC(C)C12CN3CC(C(C)C)(CN(C1)C3c1cccnc1)C2O. The first-order valence-electron chi connectivity index (χ1n) is 8.97. The number of pyridine rings is 1. The lowest BCUT2D eigenvalue weighted by atomic mass is 9.52. The summed E-state index contributed by atoms with van der Waals surface area (Å²) in [4.78, 5) is 9.55. The molecule has 4 aliphatic heterocycles. The topological polar surface area (TPSA) is 39.6 Å². The third-order valence-corrected chi connectivity index (χ3v) is 7.05. The highest BCUT2D eigenvalue weighted by Crippen LogP contribution is 2.59. The molecular weight excluding hydrogens is 286 g/mol. The molecule has 1 aromatic heterocycles. The minimum Gasteiger partial charge on any atom is -0.392 e. The van der Waals surface area contributed by atoms with Crippen LogP contribution in [0.2, 0.25) is 0 Å². The maximum atomic E-state index is 11.4. The molecule has 0 spiro atoms. The van der Waals surface area contributed by atoms with Gasteiger partial charge in [-0.1, -0.05) is 33.8 Å². The minimum atomic E-state index is -0.197. The number of hydrogen-bond donors (Lipinski definition) is 1. The highest BCUT2D eigenvalue weighted by atomic mass is 16.3. The monoisotopic (exact) mass is 315 g/mol. The number of aliphatic hydroxyl groups excluding tert-OH is 1. The van der Waals surface area contributed by atoms with E-state index in [2.05, 4.69) is 48.5 Å². The van der Waals surface area contributed by atoms with E-state index in [1.165, 1.54) is 5.56 Å². The second-order valence-electron chi connectivity index (χ2n) is 8.65. The lowest BCUT2D eigenvalue weighted by molar-refractivity contribution is -0.287. The Kier molecular flexibility index (Phi) is 3.39. The first kappa shape index (κ1) is 15.6.